The van der Waals surface area contributed by atoms with Gasteiger partial charge in [-0.05, 0) is 18.2 Å². The molecule has 1 aliphatic heterocycles. The van der Waals surface area contributed by atoms with Crippen LogP contribution in [0.3, 0.4) is 0 Å². The zero-order valence-corrected chi connectivity index (χ0v) is 41.3. The van der Waals surface area contributed by atoms with Gasteiger partial charge in [0, 0.05) is 14.8 Å². The molecule has 0 spiro atoms. The van der Waals surface area contributed by atoms with Gasteiger partial charge in [0.1, 0.15) is 0 Å². The molecule has 8 heteroatoms. The molecule has 17 aromatic rings. The number of para-hydroxylation sites is 2. The number of halogens is 1. The molecule has 7 aromatic heterocycles. The van der Waals surface area contributed by atoms with Gasteiger partial charge in [-0.1, -0.05) is 30.3 Å². The Hall–Kier alpha value is -7.47. The summed E-state index contributed by atoms with van der Waals surface area (Å²) in [4.78, 5) is 11.3. The standard InChI is InChI=1S/C62H30IN4S3/c1-5-15-42-32(11-1)34-22-23-35-33-24-27-50-52(37-12-2-8-18-47(37)68-50)55(33)61-65-44-26-21-31(29-46(44)67(61)59(35)57(34)63-42)40-30-41-36-25-28-51-53(38-13-3-9-19-48(38)69-51)58(36)66-45-17-7-6-16-43(45)64-62(66)56(41)54-39-14-4-10-20-49(39)70-60(40)54/h1-30H/q-1. The first kappa shape index (κ1) is 37.4. The molecule has 0 saturated heterocycles. The number of pyridine rings is 2. The van der Waals surface area contributed by atoms with E-state index < -0.39 is 21.2 Å². The van der Waals surface area contributed by atoms with E-state index in [2.05, 4.69) is 191 Å². The van der Waals surface area contributed by atoms with E-state index >= 15 is 0 Å². The van der Waals surface area contributed by atoms with Gasteiger partial charge in [0.05, 0.1) is 11.0 Å². The van der Waals surface area contributed by atoms with E-state index in [1.807, 2.05) is 34.0 Å². The fourth-order valence-corrected chi connectivity index (χ4v) is 19.1. The van der Waals surface area contributed by atoms with Crippen molar-refractivity contribution in [3.05, 3.63) is 189 Å². The van der Waals surface area contributed by atoms with Gasteiger partial charge in [0.15, 0.2) is 0 Å². The number of hydrogen-bond acceptors (Lipinski definition) is 5. The molecule has 0 atom stereocenters. The van der Waals surface area contributed by atoms with Gasteiger partial charge < -0.3 is 0 Å². The molecule has 10 aromatic carbocycles. The van der Waals surface area contributed by atoms with Crippen molar-refractivity contribution >= 4 is 171 Å². The zero-order valence-electron chi connectivity index (χ0n) is 36.7. The Kier molecular flexibility index (Phi) is 7.07. The summed E-state index contributed by atoms with van der Waals surface area (Å²) in [6, 6.07) is 68.4. The van der Waals surface area contributed by atoms with E-state index in [4.69, 9.17) is 9.97 Å². The van der Waals surface area contributed by atoms with E-state index in [9.17, 15) is 0 Å². The molecule has 18 rings (SSSR count). The second-order valence-electron chi connectivity index (χ2n) is 18.7. The molecule has 0 bridgehead atoms. The topological polar surface area (TPSA) is 34.6 Å². The number of hydrogen-bond donors (Lipinski definition) is 0. The minimum atomic E-state index is -0.446. The Bertz CT molecular complexity index is 5300. The van der Waals surface area contributed by atoms with Crippen LogP contribution >= 0.6 is 34.0 Å². The van der Waals surface area contributed by atoms with Crippen LogP contribution in [-0.2, 0) is 0 Å². The van der Waals surface area contributed by atoms with Gasteiger partial charge in [0.25, 0.3) is 0 Å². The van der Waals surface area contributed by atoms with Gasteiger partial charge in [-0.15, -0.1) is 11.3 Å². The third-order valence-electron chi connectivity index (χ3n) is 15.2. The van der Waals surface area contributed by atoms with Crippen LogP contribution in [0.15, 0.2) is 182 Å². The van der Waals surface area contributed by atoms with Crippen molar-refractivity contribution in [2.75, 3.05) is 0 Å². The summed E-state index contributed by atoms with van der Waals surface area (Å²) < 4.78 is 15.8. The maximum absolute atomic E-state index is 5.70. The van der Waals surface area contributed by atoms with Crippen molar-refractivity contribution in [1.82, 2.24) is 18.8 Å². The summed E-state index contributed by atoms with van der Waals surface area (Å²) in [6.07, 6.45) is 0. The van der Waals surface area contributed by atoms with Crippen LogP contribution in [0.1, 0.15) is 0 Å². The summed E-state index contributed by atoms with van der Waals surface area (Å²) in [5.74, 6) is 0. The third kappa shape index (κ3) is 4.62. The summed E-state index contributed by atoms with van der Waals surface area (Å²) in [7, 11) is 0. The van der Waals surface area contributed by atoms with Crippen LogP contribution in [0.5, 0.6) is 0 Å². The zero-order chi connectivity index (χ0) is 45.1. The Morgan fingerprint density at radius 2 is 0.957 bits per heavy atom. The van der Waals surface area contributed by atoms with Crippen LogP contribution in [0, 0.1) is 7.14 Å². The summed E-state index contributed by atoms with van der Waals surface area (Å²) in [5, 5.41) is 15.2. The van der Waals surface area contributed by atoms with E-state index in [0.717, 1.165) is 33.4 Å². The summed E-state index contributed by atoms with van der Waals surface area (Å²) in [5.41, 5.74) is 14.0. The van der Waals surface area contributed by atoms with Crippen LogP contribution < -0.4 is 21.2 Å². The molecule has 0 aliphatic carbocycles. The second kappa shape index (κ2) is 13.2. The van der Waals surface area contributed by atoms with E-state index in [0.29, 0.717) is 0 Å². The van der Waals surface area contributed by atoms with Crippen molar-refractivity contribution in [2.45, 2.75) is 0 Å². The summed E-state index contributed by atoms with van der Waals surface area (Å²) >= 11 is 5.21. The number of aromatic nitrogens is 4. The Labute approximate surface area is 419 Å². The molecular formula is C62H30IN4S3-. The molecule has 8 heterocycles. The molecular weight excluding hydrogens is 1020 g/mol. The van der Waals surface area contributed by atoms with Crippen molar-refractivity contribution in [2.24, 2.45) is 0 Å². The van der Waals surface area contributed by atoms with Crippen molar-refractivity contribution < 1.29 is 21.2 Å². The molecule has 1 aliphatic rings. The van der Waals surface area contributed by atoms with Crippen LogP contribution in [0.4, 0.5) is 0 Å². The Balaban J connectivity index is 1.03. The van der Waals surface area contributed by atoms with Gasteiger partial charge in [0.2, 0.25) is 0 Å². The molecule has 0 N–H and O–H groups in total. The van der Waals surface area contributed by atoms with Gasteiger partial charge in [-0.3, -0.25) is 0 Å². The molecule has 324 valence electrons. The molecule has 0 saturated carbocycles. The first-order valence-electron chi connectivity index (χ1n) is 23.5. The monoisotopic (exact) mass is 1050 g/mol. The quantitative estimate of drug-likeness (QED) is 0.121. The first-order valence-corrected chi connectivity index (χ1v) is 28.1. The number of fused-ring (bicyclic) bond motifs is 32. The normalized spacial score (nSPS) is 13.2. The van der Waals surface area contributed by atoms with Crippen LogP contribution in [-0.4, -0.2) is 18.8 Å². The SMILES string of the molecule is c1ccc2c(c1)[I-]c1c-2ccc2c3ccc4sc5ccccc5c4c3c3nc4ccc(-c5cc6c7ccc8sc9ccccc9c8c7n7c8ccccc8nc7c6c6c5sc5ccccc56)cc4n3c12. The Morgan fingerprint density at radius 3 is 1.77 bits per heavy atom. The minimum absolute atomic E-state index is 0.446. The number of thiophene rings is 3. The Morgan fingerprint density at radius 1 is 0.357 bits per heavy atom. The fourth-order valence-electron chi connectivity index (χ4n) is 12.3. The number of rotatable bonds is 1. The number of imidazole rings is 2. The van der Waals surface area contributed by atoms with Crippen LogP contribution in [0.2, 0.25) is 0 Å². The van der Waals surface area contributed by atoms with Crippen LogP contribution in [0.25, 0.3) is 159 Å². The number of benzene rings is 10. The molecule has 70 heavy (non-hydrogen) atoms. The van der Waals surface area contributed by atoms with E-state index in [-0.39, 0.29) is 0 Å². The average molecular weight is 1050 g/mol. The number of nitrogens with zero attached hydrogens (tertiary/aromatic N) is 4. The predicted molar refractivity (Wildman–Crippen MR) is 296 cm³/mol. The molecule has 0 radical (unpaired) electrons. The van der Waals surface area contributed by atoms with Gasteiger partial charge in [-0.25, -0.2) is 0 Å². The molecule has 0 unspecified atom stereocenters. The van der Waals surface area contributed by atoms with Crippen molar-refractivity contribution in [1.29, 1.82) is 0 Å². The molecule has 4 nitrogen and oxygen atoms in total. The van der Waals surface area contributed by atoms with E-state index in [1.165, 1.54) is 133 Å². The van der Waals surface area contributed by atoms with E-state index in [1.54, 1.807) is 0 Å². The van der Waals surface area contributed by atoms with Crippen molar-refractivity contribution in [3.63, 3.8) is 0 Å². The fraction of sp³-hybridized carbons (Fsp3) is 0. The average Bonchev–Trinajstić information content (AvgIpc) is 4.27. The van der Waals surface area contributed by atoms with Crippen molar-refractivity contribution in [3.8, 4) is 22.3 Å². The molecule has 0 amide bonds. The van der Waals surface area contributed by atoms with Gasteiger partial charge >= 0.3 is 337 Å². The van der Waals surface area contributed by atoms with Gasteiger partial charge in [-0.2, -0.15) is 0 Å². The molecule has 0 fully saturated rings. The predicted octanol–water partition coefficient (Wildman–Crippen LogP) is 14.8. The summed E-state index contributed by atoms with van der Waals surface area (Å²) in [6.45, 7) is 0. The second-order valence-corrected chi connectivity index (χ2v) is 24.7. The first-order chi connectivity index (χ1) is 34.7. The third-order valence-corrected chi connectivity index (χ3v) is 21.8. The maximum atomic E-state index is 5.70.